The molecule has 0 amide bonds. The van der Waals surface area contributed by atoms with Crippen LogP contribution < -0.4 is 0 Å². The van der Waals surface area contributed by atoms with E-state index in [2.05, 4.69) is 11.8 Å². The Balaban J connectivity index is 1.79. The predicted octanol–water partition coefficient (Wildman–Crippen LogP) is 1.51. The number of hydrogen-bond acceptors (Lipinski definition) is 2. The number of nitrogens with zero attached hydrogens (tertiary/aromatic N) is 1. The Bertz CT molecular complexity index is 160. The van der Waals surface area contributed by atoms with Crippen molar-refractivity contribution in [2.75, 3.05) is 20.2 Å². The summed E-state index contributed by atoms with van der Waals surface area (Å²) in [5.41, 5.74) is 0. The molecule has 2 aliphatic rings. The molecule has 3 atom stereocenters. The van der Waals surface area contributed by atoms with Crippen molar-refractivity contribution in [2.45, 2.75) is 38.3 Å². The maximum Gasteiger partial charge on any atom is 0.0670 e. The molecule has 0 aromatic carbocycles. The number of ether oxygens (including phenoxy) is 1. The van der Waals surface area contributed by atoms with Gasteiger partial charge in [0.1, 0.15) is 0 Å². The first-order valence-corrected chi connectivity index (χ1v) is 5.08. The van der Waals surface area contributed by atoms with Crippen LogP contribution in [-0.4, -0.2) is 37.2 Å². The minimum absolute atomic E-state index is 0.407. The molecule has 2 fully saturated rings. The van der Waals surface area contributed by atoms with Crippen LogP contribution in [0.5, 0.6) is 0 Å². The highest BCUT2D eigenvalue weighted by molar-refractivity contribution is 4.98. The smallest absolute Gasteiger partial charge is 0.0670 e. The van der Waals surface area contributed by atoms with E-state index in [0.717, 1.165) is 18.5 Å². The van der Waals surface area contributed by atoms with E-state index in [-0.39, 0.29) is 0 Å². The normalized spacial score (nSPS) is 37.5. The first-order chi connectivity index (χ1) is 5.81. The molecule has 12 heavy (non-hydrogen) atoms. The molecule has 0 bridgehead atoms. The predicted molar refractivity (Wildman–Crippen MR) is 49.2 cm³/mol. The molecule has 1 saturated heterocycles. The molecule has 1 heterocycles. The van der Waals surface area contributed by atoms with E-state index in [9.17, 15) is 0 Å². The molecule has 1 saturated carbocycles. The molecule has 0 aromatic rings. The van der Waals surface area contributed by atoms with Crippen LogP contribution in [0, 0.1) is 5.92 Å². The summed E-state index contributed by atoms with van der Waals surface area (Å²) >= 11 is 0. The van der Waals surface area contributed by atoms with Gasteiger partial charge in [-0.3, -0.25) is 4.90 Å². The van der Waals surface area contributed by atoms with Crippen LogP contribution in [0.3, 0.4) is 0 Å². The molecule has 0 N–H and O–H groups in total. The molecule has 3 unspecified atom stereocenters. The van der Waals surface area contributed by atoms with Crippen molar-refractivity contribution in [2.24, 2.45) is 5.92 Å². The van der Waals surface area contributed by atoms with Gasteiger partial charge in [0.05, 0.1) is 6.10 Å². The molecule has 2 rings (SSSR count). The maximum absolute atomic E-state index is 5.28. The van der Waals surface area contributed by atoms with E-state index >= 15 is 0 Å². The van der Waals surface area contributed by atoms with Crippen molar-refractivity contribution in [1.29, 1.82) is 0 Å². The van der Waals surface area contributed by atoms with Crippen molar-refractivity contribution < 1.29 is 4.74 Å². The number of fused-ring (bicyclic) bond motifs is 1. The minimum atomic E-state index is 0.407. The lowest BCUT2D eigenvalue weighted by atomic mass is 10.1. The number of rotatable bonds is 3. The molecule has 1 aliphatic heterocycles. The van der Waals surface area contributed by atoms with Gasteiger partial charge in [0, 0.05) is 19.7 Å². The van der Waals surface area contributed by atoms with Gasteiger partial charge in [-0.05, 0) is 38.6 Å². The third kappa shape index (κ3) is 1.64. The molecule has 2 heteroatoms. The second-order valence-electron chi connectivity index (χ2n) is 4.25. The summed E-state index contributed by atoms with van der Waals surface area (Å²) < 4.78 is 5.28. The van der Waals surface area contributed by atoms with Crippen molar-refractivity contribution in [3.8, 4) is 0 Å². The molecule has 0 aromatic heterocycles. The molecular weight excluding hydrogens is 150 g/mol. The summed E-state index contributed by atoms with van der Waals surface area (Å²) in [4.78, 5) is 2.61. The first kappa shape index (κ1) is 8.52. The van der Waals surface area contributed by atoms with Gasteiger partial charge in [0.2, 0.25) is 0 Å². The lowest BCUT2D eigenvalue weighted by Crippen LogP contribution is -2.37. The van der Waals surface area contributed by atoms with Gasteiger partial charge >= 0.3 is 0 Å². The number of likely N-dealkylation sites (tertiary alicyclic amines) is 1. The average Bonchev–Trinajstić information content (AvgIpc) is 2.84. The third-order valence-corrected chi connectivity index (χ3v) is 3.27. The summed E-state index contributed by atoms with van der Waals surface area (Å²) in [6.07, 6.45) is 4.74. The Labute approximate surface area is 74.9 Å². The second-order valence-corrected chi connectivity index (χ2v) is 4.25. The van der Waals surface area contributed by atoms with E-state index in [4.69, 9.17) is 4.74 Å². The van der Waals surface area contributed by atoms with Crippen LogP contribution in [-0.2, 0) is 4.74 Å². The Kier molecular flexibility index (Phi) is 2.37. The molecule has 0 radical (unpaired) electrons. The van der Waals surface area contributed by atoms with Crippen LogP contribution >= 0.6 is 0 Å². The molecule has 0 spiro atoms. The summed E-state index contributed by atoms with van der Waals surface area (Å²) in [6, 6.07) is 0.927. The summed E-state index contributed by atoms with van der Waals surface area (Å²) in [5, 5.41) is 0. The standard InChI is InChI=1S/C10H19NO/c1-8(12-2)7-11-5-3-4-9-6-10(9)11/h8-10H,3-7H2,1-2H3. The highest BCUT2D eigenvalue weighted by atomic mass is 16.5. The van der Waals surface area contributed by atoms with Gasteiger partial charge in [-0.2, -0.15) is 0 Å². The molecule has 2 nitrogen and oxygen atoms in total. The lowest BCUT2D eigenvalue weighted by molar-refractivity contribution is 0.0659. The van der Waals surface area contributed by atoms with Gasteiger partial charge in [-0.1, -0.05) is 0 Å². The highest BCUT2D eigenvalue weighted by Gasteiger charge is 2.43. The minimum Gasteiger partial charge on any atom is -0.380 e. The Morgan fingerprint density at radius 2 is 2.42 bits per heavy atom. The van der Waals surface area contributed by atoms with Gasteiger partial charge in [0.15, 0.2) is 0 Å². The lowest BCUT2D eigenvalue weighted by Gasteiger charge is -2.28. The van der Waals surface area contributed by atoms with Crippen molar-refractivity contribution >= 4 is 0 Å². The van der Waals surface area contributed by atoms with Gasteiger partial charge in [-0.25, -0.2) is 0 Å². The van der Waals surface area contributed by atoms with Crippen molar-refractivity contribution in [3.05, 3.63) is 0 Å². The van der Waals surface area contributed by atoms with Crippen LogP contribution in [0.15, 0.2) is 0 Å². The van der Waals surface area contributed by atoms with E-state index in [0.29, 0.717) is 6.10 Å². The number of methoxy groups -OCH3 is 1. The van der Waals surface area contributed by atoms with E-state index in [1.165, 1.54) is 25.8 Å². The zero-order chi connectivity index (χ0) is 8.55. The highest BCUT2D eigenvalue weighted by Crippen LogP contribution is 2.42. The van der Waals surface area contributed by atoms with Gasteiger partial charge in [-0.15, -0.1) is 0 Å². The van der Waals surface area contributed by atoms with Gasteiger partial charge < -0.3 is 4.74 Å². The number of hydrogen-bond donors (Lipinski definition) is 0. The fourth-order valence-corrected chi connectivity index (χ4v) is 2.34. The van der Waals surface area contributed by atoms with Gasteiger partial charge in [0.25, 0.3) is 0 Å². The number of piperidine rings is 1. The Morgan fingerprint density at radius 3 is 3.17 bits per heavy atom. The van der Waals surface area contributed by atoms with Crippen LogP contribution in [0.4, 0.5) is 0 Å². The molecule has 70 valence electrons. The fraction of sp³-hybridized carbons (Fsp3) is 1.00. The van der Waals surface area contributed by atoms with E-state index in [1.807, 2.05) is 0 Å². The van der Waals surface area contributed by atoms with Crippen molar-refractivity contribution in [3.63, 3.8) is 0 Å². The van der Waals surface area contributed by atoms with E-state index < -0.39 is 0 Å². The molecular formula is C10H19NO. The second kappa shape index (κ2) is 3.35. The SMILES string of the molecule is COC(C)CN1CCCC2CC21. The van der Waals surface area contributed by atoms with Crippen molar-refractivity contribution in [1.82, 2.24) is 4.90 Å². The van der Waals surface area contributed by atoms with Crippen LogP contribution in [0.2, 0.25) is 0 Å². The third-order valence-electron chi connectivity index (χ3n) is 3.27. The zero-order valence-electron chi connectivity index (χ0n) is 8.12. The Morgan fingerprint density at radius 1 is 1.58 bits per heavy atom. The monoisotopic (exact) mass is 169 g/mol. The summed E-state index contributed by atoms with van der Waals surface area (Å²) in [6.45, 7) is 4.60. The quantitative estimate of drug-likeness (QED) is 0.635. The fourth-order valence-electron chi connectivity index (χ4n) is 2.34. The van der Waals surface area contributed by atoms with E-state index in [1.54, 1.807) is 7.11 Å². The summed E-state index contributed by atoms with van der Waals surface area (Å²) in [7, 11) is 1.80. The average molecular weight is 169 g/mol. The van der Waals surface area contributed by atoms with Crippen LogP contribution in [0.25, 0.3) is 0 Å². The largest absolute Gasteiger partial charge is 0.380 e. The summed E-state index contributed by atoms with van der Waals surface area (Å²) in [5.74, 6) is 1.04. The maximum atomic E-state index is 5.28. The van der Waals surface area contributed by atoms with Crippen LogP contribution in [0.1, 0.15) is 26.2 Å². The first-order valence-electron chi connectivity index (χ1n) is 5.08. The topological polar surface area (TPSA) is 12.5 Å². The molecule has 1 aliphatic carbocycles. The Hall–Kier alpha value is -0.0800. The zero-order valence-corrected chi connectivity index (χ0v) is 8.12.